The Kier molecular flexibility index (Phi) is 5.39. The fourth-order valence-corrected chi connectivity index (χ4v) is 3.02. The molecule has 0 radical (unpaired) electrons. The lowest BCUT2D eigenvalue weighted by Gasteiger charge is -2.29. The van der Waals surface area contributed by atoms with E-state index in [0.717, 1.165) is 44.7 Å². The van der Waals surface area contributed by atoms with Gasteiger partial charge in [-0.3, -0.25) is 9.48 Å². The highest BCUT2D eigenvalue weighted by molar-refractivity contribution is 5.78. The average molecular weight is 292 g/mol. The minimum Gasteiger partial charge on any atom is -0.355 e. The van der Waals surface area contributed by atoms with Crippen LogP contribution in [0.4, 0.5) is 0 Å². The summed E-state index contributed by atoms with van der Waals surface area (Å²) in [6.07, 6.45) is 2.14. The zero-order chi connectivity index (χ0) is 15.4. The molecule has 0 aromatic carbocycles. The van der Waals surface area contributed by atoms with Crippen molar-refractivity contribution in [2.45, 2.75) is 40.2 Å². The highest BCUT2D eigenvalue weighted by Crippen LogP contribution is 2.15. The summed E-state index contributed by atoms with van der Waals surface area (Å²) in [6, 6.07) is 2.09. The van der Waals surface area contributed by atoms with Crippen LogP contribution in [0.15, 0.2) is 6.07 Å². The first kappa shape index (κ1) is 16.0. The van der Waals surface area contributed by atoms with Crippen molar-refractivity contribution >= 4 is 5.91 Å². The van der Waals surface area contributed by atoms with Crippen molar-refractivity contribution in [1.29, 1.82) is 0 Å². The Balaban J connectivity index is 1.77. The normalized spacial score (nSPS) is 21.2. The summed E-state index contributed by atoms with van der Waals surface area (Å²) in [5.74, 6) is 0.750. The van der Waals surface area contributed by atoms with E-state index in [1.165, 1.54) is 5.69 Å². The predicted octanol–water partition coefficient (Wildman–Crippen LogP) is 1.59. The Bertz CT molecular complexity index is 483. The zero-order valence-corrected chi connectivity index (χ0v) is 13.7. The van der Waals surface area contributed by atoms with E-state index < -0.39 is 0 Å². The lowest BCUT2D eigenvalue weighted by atomic mass is 9.97. The Morgan fingerprint density at radius 2 is 2.29 bits per heavy atom. The minimum atomic E-state index is 0.157. The van der Waals surface area contributed by atoms with E-state index in [-0.39, 0.29) is 11.8 Å². The molecule has 1 fully saturated rings. The topological polar surface area (TPSA) is 50.2 Å². The molecule has 5 heteroatoms. The maximum absolute atomic E-state index is 12.2. The number of aromatic nitrogens is 2. The van der Waals surface area contributed by atoms with Crippen LogP contribution in [0.5, 0.6) is 0 Å². The largest absolute Gasteiger partial charge is 0.355 e. The van der Waals surface area contributed by atoms with Gasteiger partial charge in [0.25, 0.3) is 0 Å². The van der Waals surface area contributed by atoms with E-state index in [0.29, 0.717) is 5.92 Å². The van der Waals surface area contributed by atoms with Crippen molar-refractivity contribution in [1.82, 2.24) is 20.0 Å². The summed E-state index contributed by atoms with van der Waals surface area (Å²) in [6.45, 7) is 9.81. The summed E-state index contributed by atoms with van der Waals surface area (Å²) in [5.41, 5.74) is 2.23. The highest BCUT2D eigenvalue weighted by atomic mass is 16.1. The van der Waals surface area contributed by atoms with Gasteiger partial charge in [0.2, 0.25) is 5.91 Å². The van der Waals surface area contributed by atoms with Crippen LogP contribution in [0.3, 0.4) is 0 Å². The summed E-state index contributed by atoms with van der Waals surface area (Å²) in [7, 11) is 2.09. The van der Waals surface area contributed by atoms with Gasteiger partial charge in [0.1, 0.15) is 0 Å². The second-order valence-electron chi connectivity index (χ2n) is 6.56. The van der Waals surface area contributed by atoms with Gasteiger partial charge < -0.3 is 10.2 Å². The molecule has 2 rings (SSSR count). The van der Waals surface area contributed by atoms with E-state index in [4.69, 9.17) is 0 Å². The van der Waals surface area contributed by atoms with Crippen LogP contribution in [0.1, 0.15) is 31.2 Å². The van der Waals surface area contributed by atoms with E-state index >= 15 is 0 Å². The van der Waals surface area contributed by atoms with Crippen LogP contribution in [0.2, 0.25) is 0 Å². The molecule has 1 saturated heterocycles. The van der Waals surface area contributed by atoms with E-state index in [9.17, 15) is 4.79 Å². The number of aryl methyl sites for hydroxylation is 2. The number of nitrogens with zero attached hydrogens (tertiary/aromatic N) is 3. The Labute approximate surface area is 127 Å². The molecule has 1 aromatic heterocycles. The van der Waals surface area contributed by atoms with Crippen molar-refractivity contribution in [2.75, 3.05) is 26.7 Å². The van der Waals surface area contributed by atoms with Crippen molar-refractivity contribution in [3.05, 3.63) is 17.5 Å². The number of rotatable bonds is 5. The van der Waals surface area contributed by atoms with Gasteiger partial charge >= 0.3 is 0 Å². The highest BCUT2D eigenvalue weighted by Gasteiger charge is 2.23. The third kappa shape index (κ3) is 4.56. The summed E-state index contributed by atoms with van der Waals surface area (Å²) in [5, 5.41) is 7.59. The van der Waals surface area contributed by atoms with Gasteiger partial charge in [-0.15, -0.1) is 0 Å². The van der Waals surface area contributed by atoms with Crippen molar-refractivity contribution in [3.63, 3.8) is 0 Å². The van der Waals surface area contributed by atoms with Crippen molar-refractivity contribution in [3.8, 4) is 0 Å². The molecule has 1 N–H and O–H groups in total. The van der Waals surface area contributed by atoms with E-state index in [2.05, 4.69) is 42.3 Å². The quantitative estimate of drug-likeness (QED) is 0.897. The Morgan fingerprint density at radius 1 is 1.52 bits per heavy atom. The molecule has 1 aliphatic rings. The van der Waals surface area contributed by atoms with Gasteiger partial charge in [0.05, 0.1) is 11.6 Å². The number of amides is 1. The second kappa shape index (κ2) is 7.07. The molecule has 5 nitrogen and oxygen atoms in total. The Hall–Kier alpha value is -1.36. The monoisotopic (exact) mass is 292 g/mol. The molecule has 0 unspecified atom stereocenters. The molecule has 118 valence electrons. The fourth-order valence-electron chi connectivity index (χ4n) is 3.02. The summed E-state index contributed by atoms with van der Waals surface area (Å²) >= 11 is 0. The standard InChI is InChI=1S/C16H28N4O/c1-12(10-20-14(3)8-13(2)18-20)9-17-16(21)15-6-5-7-19(4)11-15/h8,12,15H,5-7,9-11H2,1-4H3,(H,17,21)/t12-,15+/m1/s1. The molecule has 1 aromatic rings. The molecule has 1 aliphatic heterocycles. The lowest BCUT2D eigenvalue weighted by Crippen LogP contribution is -2.42. The molecule has 0 bridgehead atoms. The second-order valence-corrected chi connectivity index (χ2v) is 6.56. The maximum Gasteiger partial charge on any atom is 0.224 e. The van der Waals surface area contributed by atoms with Gasteiger partial charge in [0.15, 0.2) is 0 Å². The molecule has 0 aliphatic carbocycles. The van der Waals surface area contributed by atoms with Gasteiger partial charge in [-0.05, 0) is 52.3 Å². The number of carbonyl (C=O) groups is 1. The van der Waals surface area contributed by atoms with Crippen LogP contribution in [0, 0.1) is 25.7 Å². The number of nitrogens with one attached hydrogen (secondary N) is 1. The lowest BCUT2D eigenvalue weighted by molar-refractivity contribution is -0.126. The molecular weight excluding hydrogens is 264 g/mol. The molecular formula is C16H28N4O. The van der Waals surface area contributed by atoms with Crippen LogP contribution in [0.25, 0.3) is 0 Å². The number of carbonyl (C=O) groups excluding carboxylic acids is 1. The van der Waals surface area contributed by atoms with Crippen LogP contribution in [-0.4, -0.2) is 47.3 Å². The SMILES string of the molecule is Cc1cc(C)n(C[C@H](C)CNC(=O)[C@H]2CCCN(C)C2)n1. The maximum atomic E-state index is 12.2. The molecule has 2 atom stereocenters. The fraction of sp³-hybridized carbons (Fsp3) is 0.750. The van der Waals surface area contributed by atoms with Crippen LogP contribution >= 0.6 is 0 Å². The third-order valence-corrected chi connectivity index (χ3v) is 4.21. The van der Waals surface area contributed by atoms with Gasteiger partial charge in [-0.1, -0.05) is 6.92 Å². The number of likely N-dealkylation sites (tertiary alicyclic amines) is 1. The minimum absolute atomic E-state index is 0.157. The Morgan fingerprint density at radius 3 is 2.90 bits per heavy atom. The smallest absolute Gasteiger partial charge is 0.224 e. The van der Waals surface area contributed by atoms with E-state index in [1.54, 1.807) is 0 Å². The first-order valence-electron chi connectivity index (χ1n) is 7.93. The van der Waals surface area contributed by atoms with Crippen molar-refractivity contribution < 1.29 is 4.79 Å². The van der Waals surface area contributed by atoms with Gasteiger partial charge in [-0.2, -0.15) is 5.10 Å². The first-order valence-corrected chi connectivity index (χ1v) is 7.93. The molecule has 2 heterocycles. The molecule has 0 saturated carbocycles. The van der Waals surface area contributed by atoms with Crippen LogP contribution < -0.4 is 5.32 Å². The average Bonchev–Trinajstić information content (AvgIpc) is 2.74. The predicted molar refractivity (Wildman–Crippen MR) is 84.1 cm³/mol. The van der Waals surface area contributed by atoms with Crippen LogP contribution in [-0.2, 0) is 11.3 Å². The first-order chi connectivity index (χ1) is 9.95. The number of piperidine rings is 1. The summed E-state index contributed by atoms with van der Waals surface area (Å²) < 4.78 is 2.03. The van der Waals surface area contributed by atoms with Gasteiger partial charge in [0, 0.05) is 25.3 Å². The third-order valence-electron chi connectivity index (χ3n) is 4.21. The van der Waals surface area contributed by atoms with Crippen molar-refractivity contribution in [2.24, 2.45) is 11.8 Å². The number of hydrogen-bond acceptors (Lipinski definition) is 3. The molecule has 0 spiro atoms. The molecule has 21 heavy (non-hydrogen) atoms. The van der Waals surface area contributed by atoms with E-state index in [1.807, 2.05) is 11.6 Å². The summed E-state index contributed by atoms with van der Waals surface area (Å²) in [4.78, 5) is 14.5. The number of hydrogen-bond donors (Lipinski definition) is 1. The van der Waals surface area contributed by atoms with Gasteiger partial charge in [-0.25, -0.2) is 0 Å². The zero-order valence-electron chi connectivity index (χ0n) is 13.7. The molecule has 1 amide bonds.